The zero-order valence-electron chi connectivity index (χ0n) is 17.1. The number of aromatic carboxylic acids is 1. The number of aromatic nitrogens is 6. The minimum absolute atomic E-state index is 0. The van der Waals surface area contributed by atoms with Gasteiger partial charge in [0, 0.05) is 5.69 Å². The molecular formula is C15H17N7NaO9P. The van der Waals surface area contributed by atoms with Crippen LogP contribution < -0.4 is 45.8 Å². The minimum atomic E-state index is -4.89. The van der Waals surface area contributed by atoms with Gasteiger partial charge in [-0.05, 0) is 6.92 Å². The van der Waals surface area contributed by atoms with Crippen molar-refractivity contribution in [2.24, 2.45) is 0 Å². The number of carboxylic acids is 1. The number of nitrogen functional groups attached to an aromatic ring is 1. The largest absolute Gasteiger partial charge is 1.00 e. The molecule has 0 saturated carbocycles. The van der Waals surface area contributed by atoms with Gasteiger partial charge in [-0.3, -0.25) is 13.7 Å². The number of fused-ring (bicyclic) bond motifs is 1. The zero-order valence-corrected chi connectivity index (χ0v) is 20.0. The molecule has 33 heavy (non-hydrogen) atoms. The molecule has 1 aliphatic rings. The molecule has 0 aliphatic carbocycles. The van der Waals surface area contributed by atoms with Crippen LogP contribution in [0.3, 0.4) is 0 Å². The van der Waals surface area contributed by atoms with Crippen molar-refractivity contribution in [3.8, 4) is 0 Å². The summed E-state index contributed by atoms with van der Waals surface area (Å²) in [7, 11) is -4.89. The van der Waals surface area contributed by atoms with Gasteiger partial charge in [0.05, 0.1) is 6.33 Å². The number of aliphatic hydroxyl groups excluding tert-OH is 3. The molecule has 0 aromatic carbocycles. The van der Waals surface area contributed by atoms with Crippen molar-refractivity contribution in [2.75, 3.05) is 5.73 Å². The summed E-state index contributed by atoms with van der Waals surface area (Å²) in [6.07, 6.45) is -6.24. The Balaban J connectivity index is 0.00000306. The number of aliphatic hydroxyl groups is 3. The first kappa shape index (κ1) is 25.6. The van der Waals surface area contributed by atoms with Gasteiger partial charge in [0.15, 0.2) is 35.2 Å². The van der Waals surface area contributed by atoms with E-state index in [2.05, 4.69) is 24.9 Å². The van der Waals surface area contributed by atoms with E-state index in [4.69, 9.17) is 15.0 Å². The van der Waals surface area contributed by atoms with E-state index in [1.54, 1.807) is 0 Å². The molecule has 3 aromatic heterocycles. The zero-order chi connectivity index (χ0) is 23.4. The van der Waals surface area contributed by atoms with Crippen molar-refractivity contribution in [3.63, 3.8) is 0 Å². The average Bonchev–Trinajstić information content (AvgIpc) is 3.39. The Kier molecular flexibility index (Phi) is 7.26. The molecule has 172 valence electrons. The number of aryl methyl sites for hydroxylation is 1. The van der Waals surface area contributed by atoms with E-state index in [-0.39, 0.29) is 52.2 Å². The predicted octanol–water partition coefficient (Wildman–Crippen LogP) is -6.73. The van der Waals surface area contributed by atoms with Crippen molar-refractivity contribution in [3.05, 3.63) is 24.2 Å². The Morgan fingerprint density at radius 2 is 2.06 bits per heavy atom. The molecule has 7 N–H and O–H groups in total. The normalized spacial score (nSPS) is 25.5. The number of carboxylic acid groups (broad SMARTS) is 1. The number of nitrogens with one attached hydrogen (secondary N) is 1. The van der Waals surface area contributed by atoms with Gasteiger partial charge in [0.1, 0.15) is 36.1 Å². The van der Waals surface area contributed by atoms with Crippen LogP contribution in [0.25, 0.3) is 11.2 Å². The van der Waals surface area contributed by atoms with Gasteiger partial charge in [-0.2, -0.15) is 0 Å². The van der Waals surface area contributed by atoms with E-state index in [1.807, 2.05) is 0 Å². The Bertz CT molecular complexity index is 1240. The van der Waals surface area contributed by atoms with Crippen molar-refractivity contribution in [1.82, 2.24) is 29.5 Å². The van der Waals surface area contributed by atoms with Gasteiger partial charge in [-0.25, -0.2) is 19.9 Å². The fraction of sp³-hybridized carbons (Fsp3) is 0.400. The van der Waals surface area contributed by atoms with Crippen molar-refractivity contribution in [1.29, 1.82) is 0 Å². The summed E-state index contributed by atoms with van der Waals surface area (Å²) in [4.78, 5) is 38.6. The Hall–Kier alpha value is -1.98. The molecule has 1 aliphatic heterocycles. The van der Waals surface area contributed by atoms with E-state index < -0.39 is 55.7 Å². The SMILES string of the molecule is Cc1[nH]c(C(=O)[O-])nc1P(=O)(O)OC(O)[C@H]1O[C@@H](n2cnc3c(N)ncnc32)[C@H](O)[C@@H]1O.[Na+]. The van der Waals surface area contributed by atoms with Crippen LogP contribution in [0.15, 0.2) is 12.7 Å². The van der Waals surface area contributed by atoms with Crippen LogP contribution in [-0.2, 0) is 13.8 Å². The number of anilines is 1. The van der Waals surface area contributed by atoms with Crippen LogP contribution in [0.2, 0.25) is 0 Å². The molecular weight excluding hydrogens is 476 g/mol. The minimum Gasteiger partial charge on any atom is -0.542 e. The Labute approximate surface area is 206 Å². The summed E-state index contributed by atoms with van der Waals surface area (Å²) >= 11 is 0. The summed E-state index contributed by atoms with van der Waals surface area (Å²) in [6.45, 7) is 1.26. The predicted molar refractivity (Wildman–Crippen MR) is 99.9 cm³/mol. The number of carbonyl (C=O) groups excluding carboxylic acids is 1. The van der Waals surface area contributed by atoms with E-state index >= 15 is 0 Å². The second kappa shape index (κ2) is 9.34. The van der Waals surface area contributed by atoms with Gasteiger partial charge in [-0.15, -0.1) is 0 Å². The van der Waals surface area contributed by atoms with Crippen LogP contribution in [0.1, 0.15) is 22.5 Å². The van der Waals surface area contributed by atoms with Crippen molar-refractivity contribution in [2.45, 2.75) is 37.8 Å². The maximum Gasteiger partial charge on any atom is 1.00 e. The molecule has 1 fully saturated rings. The molecule has 2 unspecified atom stereocenters. The van der Waals surface area contributed by atoms with E-state index in [0.29, 0.717) is 0 Å². The number of H-pyrrole nitrogens is 1. The van der Waals surface area contributed by atoms with Gasteiger partial charge in [0.25, 0.3) is 0 Å². The Morgan fingerprint density at radius 1 is 1.36 bits per heavy atom. The first-order chi connectivity index (χ1) is 15.0. The summed E-state index contributed by atoms with van der Waals surface area (Å²) in [5.41, 5.74) is 5.30. The standard InChI is InChI=1S/C15H18N7O9P.Na/c1-4-12(21-10(20-4)14(25)26)32(28,29)31-15(27)8-6(23)7(24)13(30-8)22-3-19-5-9(16)17-2-18-11(5)22;/h2-3,6-8,13,15,23-24,27H,1H3,(H,20,21)(H,25,26)(H,28,29)(H2,16,17,18);/q;+1/p-1/t6-,7+,8-,13+,15?;/m0./s1. The molecule has 0 radical (unpaired) electrons. The molecule has 1 saturated heterocycles. The molecule has 0 bridgehead atoms. The molecule has 6 atom stereocenters. The van der Waals surface area contributed by atoms with Crippen LogP contribution in [0.4, 0.5) is 5.82 Å². The molecule has 3 aromatic rings. The summed E-state index contributed by atoms with van der Waals surface area (Å²) in [5.74, 6) is -2.38. The second-order valence-electron chi connectivity index (χ2n) is 6.89. The molecule has 18 heteroatoms. The first-order valence-electron chi connectivity index (χ1n) is 8.93. The molecule has 4 rings (SSSR count). The molecule has 4 heterocycles. The third-order valence-electron chi connectivity index (χ3n) is 4.79. The van der Waals surface area contributed by atoms with Crippen LogP contribution in [-0.4, -0.2) is 80.3 Å². The number of carbonyl (C=O) groups is 1. The van der Waals surface area contributed by atoms with Crippen LogP contribution in [0.5, 0.6) is 0 Å². The number of rotatable bonds is 6. The second-order valence-corrected chi connectivity index (χ2v) is 8.57. The number of nitrogens with two attached hydrogens (primary N) is 1. The summed E-state index contributed by atoms with van der Waals surface area (Å²) < 4.78 is 24.1. The van der Waals surface area contributed by atoms with Gasteiger partial charge >= 0.3 is 37.2 Å². The van der Waals surface area contributed by atoms with Crippen LogP contribution in [0, 0.1) is 6.92 Å². The van der Waals surface area contributed by atoms with Crippen molar-refractivity contribution < 1.29 is 73.5 Å². The van der Waals surface area contributed by atoms with E-state index in [1.165, 1.54) is 17.8 Å². The number of hydrogen-bond acceptors (Lipinski definition) is 13. The monoisotopic (exact) mass is 493 g/mol. The third-order valence-corrected chi connectivity index (χ3v) is 6.26. The topological polar surface area (TPSA) is 255 Å². The maximum atomic E-state index is 12.6. The number of ether oxygens (including phenoxy) is 1. The maximum absolute atomic E-state index is 12.6. The smallest absolute Gasteiger partial charge is 0.542 e. The third kappa shape index (κ3) is 4.54. The van der Waals surface area contributed by atoms with Gasteiger partial charge in [0.2, 0.25) is 0 Å². The summed E-state index contributed by atoms with van der Waals surface area (Å²) in [5, 5.41) is 42.0. The van der Waals surface area contributed by atoms with Gasteiger partial charge < -0.3 is 45.6 Å². The van der Waals surface area contributed by atoms with Crippen molar-refractivity contribution >= 4 is 36.0 Å². The molecule has 16 nitrogen and oxygen atoms in total. The van der Waals surface area contributed by atoms with Crippen LogP contribution >= 0.6 is 7.60 Å². The average molecular weight is 493 g/mol. The quantitative estimate of drug-likeness (QED) is 0.106. The van der Waals surface area contributed by atoms with Gasteiger partial charge in [-0.1, -0.05) is 0 Å². The fourth-order valence-corrected chi connectivity index (χ4v) is 4.51. The molecule has 0 spiro atoms. The number of imidazole rings is 2. The first-order valence-corrected chi connectivity index (χ1v) is 10.5. The molecule has 0 amide bonds. The number of nitrogens with zero attached hydrogens (tertiary/aromatic N) is 5. The fourth-order valence-electron chi connectivity index (χ4n) is 3.29. The van der Waals surface area contributed by atoms with E-state index in [9.17, 15) is 34.7 Å². The Morgan fingerprint density at radius 3 is 2.70 bits per heavy atom. The number of aromatic amines is 1. The van der Waals surface area contributed by atoms with E-state index in [0.717, 1.165) is 6.33 Å². The summed E-state index contributed by atoms with van der Waals surface area (Å²) in [6, 6.07) is 0. The number of hydrogen-bond donors (Lipinski definition) is 6.